The van der Waals surface area contributed by atoms with E-state index in [1.54, 1.807) is 6.41 Å². The van der Waals surface area contributed by atoms with E-state index < -0.39 is 6.17 Å². The molecule has 0 saturated carbocycles. The van der Waals surface area contributed by atoms with E-state index >= 15 is 0 Å². The van der Waals surface area contributed by atoms with Crippen molar-refractivity contribution in [2.75, 3.05) is 0 Å². The van der Waals surface area contributed by atoms with E-state index in [2.05, 4.69) is 5.32 Å². The first-order chi connectivity index (χ1) is 5.34. The highest BCUT2D eigenvalue weighted by atomic mass is 16.1. The summed E-state index contributed by atoms with van der Waals surface area (Å²) >= 11 is 0. The minimum Gasteiger partial charge on any atom is -0.329 e. The Morgan fingerprint density at radius 3 is 2.55 bits per heavy atom. The van der Waals surface area contributed by atoms with E-state index in [0.29, 0.717) is 0 Å². The van der Waals surface area contributed by atoms with Crippen LogP contribution in [0.3, 0.4) is 0 Å². The molecule has 1 aromatic rings. The van der Waals surface area contributed by atoms with Gasteiger partial charge in [0.1, 0.15) is 6.17 Å². The topological polar surface area (TPSA) is 55.1 Å². The molecule has 0 aromatic heterocycles. The molecule has 0 aliphatic rings. The molecule has 1 unspecified atom stereocenters. The van der Waals surface area contributed by atoms with Gasteiger partial charge in [-0.25, -0.2) is 0 Å². The molecule has 3 nitrogen and oxygen atoms in total. The van der Waals surface area contributed by atoms with Gasteiger partial charge in [0.15, 0.2) is 0 Å². The number of nitrogens with one attached hydrogen (secondary N) is 1. The highest BCUT2D eigenvalue weighted by Crippen LogP contribution is 2.04. The Morgan fingerprint density at radius 2 is 2.00 bits per heavy atom. The number of rotatable bonds is 3. The lowest BCUT2D eigenvalue weighted by Crippen LogP contribution is -2.26. The first kappa shape index (κ1) is 7.75. The van der Waals surface area contributed by atoms with Gasteiger partial charge in [0.05, 0.1) is 0 Å². The molecular formula is C8H9N2O. The molecule has 3 N–H and O–H groups in total. The van der Waals surface area contributed by atoms with Crippen molar-refractivity contribution in [2.45, 2.75) is 6.17 Å². The third kappa shape index (κ3) is 2.05. The number of benzene rings is 1. The summed E-state index contributed by atoms with van der Waals surface area (Å²) in [5.74, 6) is 0. The second kappa shape index (κ2) is 3.73. The predicted octanol–water partition coefficient (Wildman–Crippen LogP) is 0.301. The Morgan fingerprint density at radius 1 is 1.36 bits per heavy atom. The number of amides is 1. The van der Waals surface area contributed by atoms with Crippen molar-refractivity contribution in [3.8, 4) is 0 Å². The summed E-state index contributed by atoms with van der Waals surface area (Å²) in [6, 6.07) is 9.30. The SMILES string of the molecule is NC(N[C]=O)c1ccccc1. The Hall–Kier alpha value is -1.35. The summed E-state index contributed by atoms with van der Waals surface area (Å²) in [6.45, 7) is 0. The van der Waals surface area contributed by atoms with Crippen LogP contribution in [0.2, 0.25) is 0 Å². The molecule has 0 aliphatic carbocycles. The molecule has 0 saturated heterocycles. The van der Waals surface area contributed by atoms with Crippen LogP contribution in [-0.2, 0) is 4.79 Å². The molecule has 1 amide bonds. The van der Waals surface area contributed by atoms with Gasteiger partial charge in [-0.1, -0.05) is 30.3 Å². The van der Waals surface area contributed by atoms with E-state index in [1.165, 1.54) is 0 Å². The maximum atomic E-state index is 9.87. The highest BCUT2D eigenvalue weighted by molar-refractivity contribution is 5.48. The fraction of sp³-hybridized carbons (Fsp3) is 0.125. The minimum atomic E-state index is -0.450. The Bertz CT molecular complexity index is 223. The summed E-state index contributed by atoms with van der Waals surface area (Å²) in [4.78, 5) is 9.87. The number of carbonyl (C=O) groups excluding carboxylic acids is 1. The summed E-state index contributed by atoms with van der Waals surface area (Å²) < 4.78 is 0. The second-order valence-electron chi connectivity index (χ2n) is 2.13. The van der Waals surface area contributed by atoms with Crippen LogP contribution in [0.25, 0.3) is 0 Å². The van der Waals surface area contributed by atoms with E-state index in [1.807, 2.05) is 30.3 Å². The van der Waals surface area contributed by atoms with Crippen LogP contribution in [0.4, 0.5) is 0 Å². The molecule has 11 heavy (non-hydrogen) atoms. The molecule has 0 heterocycles. The minimum absolute atomic E-state index is 0.450. The largest absolute Gasteiger partial charge is 0.329 e. The average Bonchev–Trinajstić information content (AvgIpc) is 2.07. The van der Waals surface area contributed by atoms with Gasteiger partial charge < -0.3 is 11.1 Å². The Labute approximate surface area is 65.2 Å². The number of hydrogen-bond donors (Lipinski definition) is 2. The molecule has 1 atom stereocenters. The molecule has 0 bridgehead atoms. The number of hydrogen-bond acceptors (Lipinski definition) is 2. The second-order valence-corrected chi connectivity index (χ2v) is 2.13. The molecule has 1 aromatic carbocycles. The van der Waals surface area contributed by atoms with Crippen LogP contribution in [0.1, 0.15) is 11.7 Å². The third-order valence-electron chi connectivity index (χ3n) is 1.37. The van der Waals surface area contributed by atoms with Gasteiger partial charge in [-0.2, -0.15) is 0 Å². The van der Waals surface area contributed by atoms with E-state index in [9.17, 15) is 4.79 Å². The van der Waals surface area contributed by atoms with Crippen molar-refractivity contribution in [1.82, 2.24) is 5.32 Å². The first-order valence-corrected chi connectivity index (χ1v) is 3.28. The molecule has 57 valence electrons. The van der Waals surface area contributed by atoms with Gasteiger partial charge in [-0.15, -0.1) is 0 Å². The summed E-state index contributed by atoms with van der Waals surface area (Å²) in [6.07, 6.45) is 1.09. The zero-order valence-corrected chi connectivity index (χ0v) is 5.95. The van der Waals surface area contributed by atoms with Crippen molar-refractivity contribution in [2.24, 2.45) is 5.73 Å². The maximum Gasteiger partial charge on any atom is 0.310 e. The quantitative estimate of drug-likeness (QED) is 0.479. The van der Waals surface area contributed by atoms with Crippen LogP contribution in [-0.4, -0.2) is 6.41 Å². The van der Waals surface area contributed by atoms with Crippen molar-refractivity contribution in [3.05, 3.63) is 35.9 Å². The van der Waals surface area contributed by atoms with Gasteiger partial charge in [-0.3, -0.25) is 4.79 Å². The van der Waals surface area contributed by atoms with Crippen molar-refractivity contribution in [1.29, 1.82) is 0 Å². The van der Waals surface area contributed by atoms with E-state index in [4.69, 9.17) is 5.73 Å². The Balaban J connectivity index is 2.68. The van der Waals surface area contributed by atoms with Crippen molar-refractivity contribution in [3.63, 3.8) is 0 Å². The van der Waals surface area contributed by atoms with Gasteiger partial charge in [0.25, 0.3) is 0 Å². The van der Waals surface area contributed by atoms with Gasteiger partial charge in [0.2, 0.25) is 0 Å². The van der Waals surface area contributed by atoms with Crippen molar-refractivity contribution < 1.29 is 4.79 Å². The summed E-state index contributed by atoms with van der Waals surface area (Å²) in [5.41, 5.74) is 6.40. The summed E-state index contributed by atoms with van der Waals surface area (Å²) in [7, 11) is 0. The summed E-state index contributed by atoms with van der Waals surface area (Å²) in [5, 5.41) is 2.33. The van der Waals surface area contributed by atoms with Gasteiger partial charge >= 0.3 is 6.41 Å². The van der Waals surface area contributed by atoms with E-state index in [0.717, 1.165) is 5.56 Å². The first-order valence-electron chi connectivity index (χ1n) is 3.28. The van der Waals surface area contributed by atoms with Crippen LogP contribution in [0, 0.1) is 0 Å². The lowest BCUT2D eigenvalue weighted by molar-refractivity contribution is 0.525. The van der Waals surface area contributed by atoms with Crippen molar-refractivity contribution >= 4 is 6.41 Å². The zero-order chi connectivity index (χ0) is 8.10. The molecule has 0 aliphatic heterocycles. The van der Waals surface area contributed by atoms with E-state index in [-0.39, 0.29) is 0 Å². The molecule has 3 heteroatoms. The Kier molecular flexibility index (Phi) is 2.63. The van der Waals surface area contributed by atoms with Crippen LogP contribution in [0.15, 0.2) is 30.3 Å². The molecular weight excluding hydrogens is 140 g/mol. The van der Waals surface area contributed by atoms with Gasteiger partial charge in [0, 0.05) is 0 Å². The lowest BCUT2D eigenvalue weighted by Gasteiger charge is -2.08. The van der Waals surface area contributed by atoms with Gasteiger partial charge in [-0.05, 0) is 5.56 Å². The molecule has 0 fully saturated rings. The third-order valence-corrected chi connectivity index (χ3v) is 1.37. The fourth-order valence-corrected chi connectivity index (χ4v) is 0.807. The standard InChI is InChI=1S/C8H9N2O/c9-8(10-6-11)7-4-2-1-3-5-7/h1-5,8H,9H2,(H,10,11). The van der Waals surface area contributed by atoms with Crippen LogP contribution in [0.5, 0.6) is 0 Å². The number of nitrogens with two attached hydrogens (primary N) is 1. The normalized spacial score (nSPS) is 12.1. The predicted molar refractivity (Wildman–Crippen MR) is 42.2 cm³/mol. The lowest BCUT2D eigenvalue weighted by atomic mass is 10.2. The molecule has 1 radical (unpaired) electrons. The van der Waals surface area contributed by atoms with Crippen LogP contribution >= 0.6 is 0 Å². The smallest absolute Gasteiger partial charge is 0.310 e. The molecule has 1 rings (SSSR count). The maximum absolute atomic E-state index is 9.87. The average molecular weight is 149 g/mol. The van der Waals surface area contributed by atoms with Crippen LogP contribution < -0.4 is 11.1 Å². The molecule has 0 spiro atoms. The highest BCUT2D eigenvalue weighted by Gasteiger charge is 2.00. The fourth-order valence-electron chi connectivity index (χ4n) is 0.807. The monoisotopic (exact) mass is 149 g/mol. The zero-order valence-electron chi connectivity index (χ0n) is 5.95.